The Morgan fingerprint density at radius 1 is 1.00 bits per heavy atom. The van der Waals surface area contributed by atoms with Gasteiger partial charge < -0.3 is 11.1 Å². The van der Waals surface area contributed by atoms with Crippen molar-refractivity contribution in [2.24, 2.45) is 11.7 Å². The van der Waals surface area contributed by atoms with Gasteiger partial charge in [-0.1, -0.05) is 60.7 Å². The number of carbonyl (C=O) groups excluding carboxylic acids is 3. The summed E-state index contributed by atoms with van der Waals surface area (Å²) >= 11 is 0. The van der Waals surface area contributed by atoms with Crippen LogP contribution in [0.3, 0.4) is 0 Å². The molecule has 156 valence electrons. The first-order chi connectivity index (χ1) is 14.5. The molecule has 1 atom stereocenters. The molecule has 7 nitrogen and oxygen atoms in total. The molecule has 3 N–H and O–H groups in total. The normalized spacial score (nSPS) is 22.9. The zero-order valence-electron chi connectivity index (χ0n) is 16.8. The lowest BCUT2D eigenvalue weighted by molar-refractivity contribution is -0.134. The minimum absolute atomic E-state index is 0.133. The quantitative estimate of drug-likeness (QED) is 0.716. The van der Waals surface area contributed by atoms with Crippen molar-refractivity contribution in [3.05, 3.63) is 71.8 Å². The largest absolute Gasteiger partial charge is 0.369 e. The third-order valence-corrected chi connectivity index (χ3v) is 6.09. The van der Waals surface area contributed by atoms with E-state index in [1.165, 1.54) is 4.90 Å². The fraction of sp³-hybridized carbons (Fsp3) is 0.348. The van der Waals surface area contributed by atoms with Crippen LogP contribution in [-0.4, -0.2) is 47.4 Å². The predicted molar refractivity (Wildman–Crippen MR) is 112 cm³/mol. The van der Waals surface area contributed by atoms with Gasteiger partial charge in [-0.15, -0.1) is 0 Å². The molecule has 4 rings (SSSR count). The van der Waals surface area contributed by atoms with E-state index in [9.17, 15) is 14.4 Å². The van der Waals surface area contributed by atoms with Crippen LogP contribution in [0.5, 0.6) is 0 Å². The number of imide groups is 1. The Balaban J connectivity index is 1.57. The molecule has 2 aromatic rings. The van der Waals surface area contributed by atoms with Gasteiger partial charge in [0.15, 0.2) is 5.54 Å². The number of amides is 4. The molecule has 7 heteroatoms. The van der Waals surface area contributed by atoms with E-state index in [0.29, 0.717) is 32.4 Å². The van der Waals surface area contributed by atoms with E-state index in [4.69, 9.17) is 5.73 Å². The van der Waals surface area contributed by atoms with Crippen LogP contribution in [-0.2, 0) is 21.5 Å². The van der Waals surface area contributed by atoms with Crippen LogP contribution < -0.4 is 11.1 Å². The zero-order valence-corrected chi connectivity index (χ0v) is 16.8. The Bertz CT molecular complexity index is 926. The summed E-state index contributed by atoms with van der Waals surface area (Å²) in [6, 6.07) is 18.7. The Morgan fingerprint density at radius 3 is 2.20 bits per heavy atom. The Hall–Kier alpha value is -3.19. The second-order valence-electron chi connectivity index (χ2n) is 8.03. The van der Waals surface area contributed by atoms with Crippen LogP contribution in [0.1, 0.15) is 24.0 Å². The summed E-state index contributed by atoms with van der Waals surface area (Å²) in [5.41, 5.74) is 6.01. The molecule has 30 heavy (non-hydrogen) atoms. The topological polar surface area (TPSA) is 95.7 Å². The van der Waals surface area contributed by atoms with Gasteiger partial charge in [-0.05, 0) is 24.0 Å². The summed E-state index contributed by atoms with van der Waals surface area (Å²) in [6.45, 7) is 1.46. The number of urea groups is 1. The lowest BCUT2D eigenvalue weighted by Crippen LogP contribution is -2.48. The Kier molecular flexibility index (Phi) is 5.55. The molecule has 4 amide bonds. The van der Waals surface area contributed by atoms with Crippen LogP contribution in [0.25, 0.3) is 0 Å². The van der Waals surface area contributed by atoms with Gasteiger partial charge in [0.1, 0.15) is 0 Å². The highest BCUT2D eigenvalue weighted by Gasteiger charge is 2.52. The Morgan fingerprint density at radius 2 is 1.60 bits per heavy atom. The molecule has 0 aliphatic carbocycles. The fourth-order valence-corrected chi connectivity index (χ4v) is 4.36. The molecular weight excluding hydrogens is 380 g/mol. The highest BCUT2D eigenvalue weighted by atomic mass is 16.2. The van der Waals surface area contributed by atoms with Crippen molar-refractivity contribution in [3.63, 3.8) is 0 Å². The average Bonchev–Trinajstić information content (AvgIpc) is 3.00. The number of hydrogen-bond donors (Lipinski definition) is 2. The molecule has 2 heterocycles. The van der Waals surface area contributed by atoms with Crippen molar-refractivity contribution < 1.29 is 14.4 Å². The van der Waals surface area contributed by atoms with Crippen molar-refractivity contribution in [2.75, 3.05) is 19.8 Å². The molecule has 1 unspecified atom stereocenters. The summed E-state index contributed by atoms with van der Waals surface area (Å²) in [5.74, 6) is -0.666. The minimum atomic E-state index is -1.13. The number of carbonyl (C=O) groups is 3. The monoisotopic (exact) mass is 406 g/mol. The van der Waals surface area contributed by atoms with Gasteiger partial charge in [-0.3, -0.25) is 14.5 Å². The molecule has 0 spiro atoms. The van der Waals surface area contributed by atoms with Gasteiger partial charge in [0, 0.05) is 25.4 Å². The number of benzene rings is 2. The fourth-order valence-electron chi connectivity index (χ4n) is 4.36. The number of primary amides is 1. The maximum Gasteiger partial charge on any atom is 0.326 e. The second kappa shape index (κ2) is 8.28. The first-order valence-electron chi connectivity index (χ1n) is 10.2. The van der Waals surface area contributed by atoms with E-state index >= 15 is 0 Å². The van der Waals surface area contributed by atoms with Gasteiger partial charge in [0.05, 0.1) is 6.67 Å². The van der Waals surface area contributed by atoms with Crippen molar-refractivity contribution in [3.8, 4) is 0 Å². The van der Waals surface area contributed by atoms with Crippen LogP contribution >= 0.6 is 0 Å². The number of nitrogens with zero attached hydrogens (tertiary/aromatic N) is 2. The third-order valence-electron chi connectivity index (χ3n) is 6.09. The first kappa shape index (κ1) is 20.1. The predicted octanol–water partition coefficient (Wildman–Crippen LogP) is 1.83. The van der Waals surface area contributed by atoms with E-state index in [2.05, 4.69) is 5.32 Å². The lowest BCUT2D eigenvalue weighted by Gasteiger charge is -2.33. The summed E-state index contributed by atoms with van der Waals surface area (Å²) in [4.78, 5) is 41.3. The molecule has 0 radical (unpaired) electrons. The zero-order chi connectivity index (χ0) is 21.1. The smallest absolute Gasteiger partial charge is 0.326 e. The SMILES string of the molecule is NC(=O)C1CCN(CN2C(=O)NC(Cc3ccccc3)(c3ccccc3)C2=O)CC1. The molecule has 2 aliphatic rings. The standard InChI is InChI=1S/C23H26N4O3/c24-20(28)18-11-13-26(14-12-18)16-27-21(29)23(25-22(27)30,19-9-5-2-6-10-19)15-17-7-3-1-4-8-17/h1-10,18H,11-16H2,(H2,24,28)(H,25,30). The maximum atomic E-state index is 13.6. The van der Waals surface area contributed by atoms with Gasteiger partial charge in [-0.2, -0.15) is 0 Å². The summed E-state index contributed by atoms with van der Waals surface area (Å²) in [5, 5.41) is 2.99. The van der Waals surface area contributed by atoms with Crippen molar-refractivity contribution in [1.82, 2.24) is 15.1 Å². The lowest BCUT2D eigenvalue weighted by atomic mass is 9.83. The highest BCUT2D eigenvalue weighted by molar-refractivity contribution is 6.07. The van der Waals surface area contributed by atoms with Crippen LogP contribution in [0.4, 0.5) is 4.79 Å². The summed E-state index contributed by atoms with van der Waals surface area (Å²) in [7, 11) is 0. The van der Waals surface area contributed by atoms with Gasteiger partial charge in [-0.25, -0.2) is 9.69 Å². The van der Waals surface area contributed by atoms with E-state index < -0.39 is 11.6 Å². The Labute approximate surface area is 175 Å². The van der Waals surface area contributed by atoms with E-state index in [-0.39, 0.29) is 24.4 Å². The number of nitrogens with one attached hydrogen (secondary N) is 1. The highest BCUT2D eigenvalue weighted by Crippen LogP contribution is 2.33. The summed E-state index contributed by atoms with van der Waals surface area (Å²) < 4.78 is 0. The molecule has 0 aromatic heterocycles. The second-order valence-corrected chi connectivity index (χ2v) is 8.03. The van der Waals surface area contributed by atoms with Crippen LogP contribution in [0.2, 0.25) is 0 Å². The van der Waals surface area contributed by atoms with Crippen molar-refractivity contribution >= 4 is 17.8 Å². The number of rotatable bonds is 6. The van der Waals surface area contributed by atoms with Gasteiger partial charge >= 0.3 is 6.03 Å². The van der Waals surface area contributed by atoms with E-state index in [1.807, 2.05) is 65.6 Å². The minimum Gasteiger partial charge on any atom is -0.369 e. The summed E-state index contributed by atoms with van der Waals surface area (Å²) in [6.07, 6.45) is 1.67. The molecule has 0 saturated carbocycles. The molecule has 2 fully saturated rings. The number of nitrogens with two attached hydrogens (primary N) is 1. The third kappa shape index (κ3) is 3.80. The molecule has 2 saturated heterocycles. The van der Waals surface area contributed by atoms with E-state index in [0.717, 1.165) is 11.1 Å². The van der Waals surface area contributed by atoms with Crippen LogP contribution in [0, 0.1) is 5.92 Å². The maximum absolute atomic E-state index is 13.6. The average molecular weight is 406 g/mol. The first-order valence-corrected chi connectivity index (χ1v) is 10.2. The molecule has 0 bridgehead atoms. The number of likely N-dealkylation sites (tertiary alicyclic amines) is 1. The molecule has 2 aliphatic heterocycles. The van der Waals surface area contributed by atoms with Gasteiger partial charge in [0.25, 0.3) is 5.91 Å². The molecular formula is C23H26N4O3. The van der Waals surface area contributed by atoms with Crippen molar-refractivity contribution in [2.45, 2.75) is 24.8 Å². The molecule has 2 aromatic carbocycles. The van der Waals surface area contributed by atoms with Crippen molar-refractivity contribution in [1.29, 1.82) is 0 Å². The number of piperidine rings is 1. The van der Waals surface area contributed by atoms with Gasteiger partial charge in [0.2, 0.25) is 5.91 Å². The number of hydrogen-bond acceptors (Lipinski definition) is 4. The van der Waals surface area contributed by atoms with Crippen LogP contribution in [0.15, 0.2) is 60.7 Å². The van der Waals surface area contributed by atoms with E-state index in [1.54, 1.807) is 0 Å².